The van der Waals surface area contributed by atoms with Crippen LogP contribution in [0.4, 0.5) is 0 Å². The average molecular weight is 419 g/mol. The van der Waals surface area contributed by atoms with Gasteiger partial charge in [-0.15, -0.1) is 0 Å². The third-order valence-corrected chi connectivity index (χ3v) is 2.83. The summed E-state index contributed by atoms with van der Waals surface area (Å²) in [7, 11) is 0. The first-order chi connectivity index (χ1) is 8.92. The van der Waals surface area contributed by atoms with Crippen LogP contribution in [0.1, 0.15) is 25.7 Å². The molecule has 0 bridgehead atoms. The monoisotopic (exact) mass is 416 g/mol. The van der Waals surface area contributed by atoms with Crippen LogP contribution in [-0.4, -0.2) is 35.0 Å². The van der Waals surface area contributed by atoms with Crippen LogP contribution in [0, 0.1) is 0 Å². The molecule has 0 saturated heterocycles. The van der Waals surface area contributed by atoms with Gasteiger partial charge in [0, 0.05) is 60.6 Å². The van der Waals surface area contributed by atoms with E-state index >= 15 is 0 Å². The Kier molecular flexibility index (Phi) is 11.7. The molecule has 0 aliphatic rings. The number of nitrogens with two attached hydrogens (primary N) is 2. The normalized spacial score (nSPS) is 10.8. The number of carbonyl (C=O) groups excluding carboxylic acids is 4. The molecule has 0 atom stereocenters. The average Bonchev–Trinajstić information content (AvgIpc) is 2.10. The summed E-state index contributed by atoms with van der Waals surface area (Å²) < 4.78 is 0. The first-order valence-corrected chi connectivity index (χ1v) is 5.29. The summed E-state index contributed by atoms with van der Waals surface area (Å²) in [6.45, 7) is 0. The third kappa shape index (κ3) is 7.89. The molecule has 10 nitrogen and oxygen atoms in total. The van der Waals surface area contributed by atoms with E-state index in [1.807, 2.05) is 0 Å². The van der Waals surface area contributed by atoms with E-state index < -0.39 is 60.6 Å². The Morgan fingerprint density at radius 1 is 0.591 bits per heavy atom. The van der Waals surface area contributed by atoms with Gasteiger partial charge >= 0.3 is 39.0 Å². The number of hydrogen-bond acceptors (Lipinski definition) is 10. The van der Waals surface area contributed by atoms with E-state index in [4.69, 9.17) is 11.5 Å². The quantitative estimate of drug-likeness (QED) is 0.337. The molecule has 0 aromatic heterocycles. The van der Waals surface area contributed by atoms with Crippen molar-refractivity contribution in [1.29, 1.82) is 0 Å². The first-order valence-electron chi connectivity index (χ1n) is 5.29. The zero-order chi connectivity index (χ0) is 16.1. The summed E-state index contributed by atoms with van der Waals surface area (Å²) in [5.41, 5.74) is 6.20. The first kappa shape index (κ1) is 26.0. The van der Waals surface area contributed by atoms with Gasteiger partial charge in [0.2, 0.25) is 0 Å². The van der Waals surface area contributed by atoms with Crippen molar-refractivity contribution >= 4 is 23.9 Å². The molecule has 0 unspecified atom stereocenters. The van der Waals surface area contributed by atoms with Crippen molar-refractivity contribution in [3.05, 3.63) is 0 Å². The summed E-state index contributed by atoms with van der Waals surface area (Å²) in [5.74, 6) is -7.33. The van der Waals surface area contributed by atoms with Gasteiger partial charge in [0.25, 0.3) is 0 Å². The van der Waals surface area contributed by atoms with Crippen LogP contribution in [0.2, 0.25) is 0 Å². The minimum absolute atomic E-state index is 0. The summed E-state index contributed by atoms with van der Waals surface area (Å²) in [6, 6.07) is 0. The minimum atomic E-state index is -2.43. The Morgan fingerprint density at radius 3 is 0.818 bits per heavy atom. The maximum atomic E-state index is 10.6. The van der Waals surface area contributed by atoms with Crippen LogP contribution in [0.3, 0.4) is 0 Å². The second-order valence-corrected chi connectivity index (χ2v) is 4.51. The van der Waals surface area contributed by atoms with Crippen LogP contribution >= 0.6 is 0 Å². The fraction of sp³-hybridized carbons (Fsp3) is 0.600. The fourth-order valence-corrected chi connectivity index (χ4v) is 1.86. The van der Waals surface area contributed by atoms with Crippen molar-refractivity contribution in [3.8, 4) is 0 Å². The van der Waals surface area contributed by atoms with Crippen molar-refractivity contribution in [1.82, 2.24) is 0 Å². The van der Waals surface area contributed by atoms with E-state index in [1.165, 1.54) is 0 Å². The molecule has 0 fully saturated rings. The maximum absolute atomic E-state index is 10.6. The molecule has 0 heterocycles. The molecule has 0 spiro atoms. The maximum Gasteiger partial charge on any atom is 2.00 e. The van der Waals surface area contributed by atoms with E-state index in [2.05, 4.69) is 0 Å². The molecule has 0 aliphatic heterocycles. The molecule has 4 N–H and O–H groups in total. The smallest absolute Gasteiger partial charge is 0.550 e. The van der Waals surface area contributed by atoms with E-state index in [0.717, 1.165) is 0 Å². The van der Waals surface area contributed by atoms with Gasteiger partial charge in [0.15, 0.2) is 0 Å². The SMILES string of the molecule is NC(CC(=O)[O-])(CC(=O)[O-])C(N)(CC(=O)[O-])CC(=O)[O-].[Zn+2].[Zn+2]. The molecule has 0 rings (SSSR count). The molecule has 0 aromatic rings. The van der Waals surface area contributed by atoms with Crippen molar-refractivity contribution in [2.45, 2.75) is 36.8 Å². The molecule has 22 heavy (non-hydrogen) atoms. The number of aliphatic carboxylic acids is 4. The molecule has 0 radical (unpaired) electrons. The Balaban J connectivity index is -0.00000180. The molecular formula is C10H12N2O8Zn2. The Labute approximate surface area is 150 Å². The molecule has 0 aliphatic carbocycles. The van der Waals surface area contributed by atoms with Crippen LogP contribution in [0.25, 0.3) is 0 Å². The molecule has 114 valence electrons. The predicted molar refractivity (Wildman–Crippen MR) is 52.3 cm³/mol. The number of carbonyl (C=O) groups is 4. The zero-order valence-electron chi connectivity index (χ0n) is 11.7. The molecule has 0 amide bonds. The Morgan fingerprint density at radius 2 is 0.727 bits per heavy atom. The van der Waals surface area contributed by atoms with Crippen LogP contribution in [0.15, 0.2) is 0 Å². The topological polar surface area (TPSA) is 213 Å². The minimum Gasteiger partial charge on any atom is -0.550 e. The van der Waals surface area contributed by atoms with E-state index in [1.54, 1.807) is 0 Å². The second kappa shape index (κ2) is 9.94. The molecule has 0 saturated carbocycles. The third-order valence-electron chi connectivity index (χ3n) is 2.83. The number of carboxylic acids is 4. The Hall–Kier alpha value is -0.953. The van der Waals surface area contributed by atoms with Gasteiger partial charge in [-0.05, 0) is 0 Å². The molecular weight excluding hydrogens is 407 g/mol. The van der Waals surface area contributed by atoms with E-state index in [-0.39, 0.29) is 39.0 Å². The van der Waals surface area contributed by atoms with Gasteiger partial charge in [0.05, 0.1) is 0 Å². The van der Waals surface area contributed by atoms with Gasteiger partial charge in [-0.2, -0.15) is 0 Å². The van der Waals surface area contributed by atoms with Crippen molar-refractivity contribution in [3.63, 3.8) is 0 Å². The summed E-state index contributed by atoms with van der Waals surface area (Å²) in [6.07, 6.45) is -4.73. The number of rotatable bonds is 9. The Bertz CT molecular complexity index is 371. The van der Waals surface area contributed by atoms with E-state index in [0.29, 0.717) is 0 Å². The van der Waals surface area contributed by atoms with Gasteiger partial charge in [-0.3, -0.25) is 0 Å². The van der Waals surface area contributed by atoms with Gasteiger partial charge in [-0.1, -0.05) is 0 Å². The zero-order valence-corrected chi connectivity index (χ0v) is 17.6. The molecule has 12 heteroatoms. The largest absolute Gasteiger partial charge is 2.00 e. The van der Waals surface area contributed by atoms with Crippen molar-refractivity contribution in [2.24, 2.45) is 11.5 Å². The van der Waals surface area contributed by atoms with Gasteiger partial charge < -0.3 is 51.1 Å². The predicted octanol–water partition coefficient (Wildman–Crippen LogP) is -7.06. The van der Waals surface area contributed by atoms with Crippen LogP contribution in [0.5, 0.6) is 0 Å². The summed E-state index contributed by atoms with van der Waals surface area (Å²) in [5, 5.41) is 42.5. The molecule has 0 aromatic carbocycles. The van der Waals surface area contributed by atoms with Gasteiger partial charge in [-0.25, -0.2) is 0 Å². The van der Waals surface area contributed by atoms with E-state index in [9.17, 15) is 39.6 Å². The van der Waals surface area contributed by atoms with Crippen molar-refractivity contribution in [2.75, 3.05) is 0 Å². The van der Waals surface area contributed by atoms with Gasteiger partial charge in [0.1, 0.15) is 0 Å². The standard InChI is InChI=1S/C10H16N2O8.2Zn/c11-9(1-5(13)14,2-6(15)16)10(12,3-7(17)18)4-8(19)20;;/h1-4,11-12H2,(H,13,14)(H,15,16)(H,17,18)(H,19,20);;/q;2*+2/p-4. The number of hydrogen-bond donors (Lipinski definition) is 2. The summed E-state index contributed by atoms with van der Waals surface area (Å²) in [4.78, 5) is 42.5. The second-order valence-electron chi connectivity index (χ2n) is 4.51. The number of carboxylic acid groups (broad SMARTS) is 4. The van der Waals surface area contributed by atoms with Crippen LogP contribution in [-0.2, 0) is 58.1 Å². The summed E-state index contributed by atoms with van der Waals surface area (Å²) >= 11 is 0. The fourth-order valence-electron chi connectivity index (χ4n) is 1.86. The van der Waals surface area contributed by atoms with Crippen molar-refractivity contribution < 1.29 is 78.6 Å². The van der Waals surface area contributed by atoms with Crippen LogP contribution < -0.4 is 31.9 Å².